The van der Waals surface area contributed by atoms with Crippen LogP contribution in [0.5, 0.6) is 11.5 Å². The molecule has 0 aliphatic heterocycles. The number of rotatable bonds is 10. The fourth-order valence-corrected chi connectivity index (χ4v) is 2.55. The maximum absolute atomic E-state index is 12.9. The van der Waals surface area contributed by atoms with Gasteiger partial charge >= 0.3 is 0 Å². The van der Waals surface area contributed by atoms with Crippen molar-refractivity contribution in [2.45, 2.75) is 13.0 Å². The number of hydrogen-bond acceptors (Lipinski definition) is 5. The fraction of sp³-hybridized carbons (Fsp3) is 0.333. The molecule has 2 amide bonds. The number of hydrogen-bond donors (Lipinski definition) is 2. The molecule has 0 radical (unpaired) electrons. The lowest BCUT2D eigenvalue weighted by atomic mass is 10.1. The van der Waals surface area contributed by atoms with E-state index in [2.05, 4.69) is 10.6 Å². The zero-order valence-electron chi connectivity index (χ0n) is 16.7. The Morgan fingerprint density at radius 3 is 2.41 bits per heavy atom. The number of methoxy groups -OCH3 is 2. The van der Waals surface area contributed by atoms with Gasteiger partial charge in [0, 0.05) is 12.7 Å². The van der Waals surface area contributed by atoms with Crippen molar-refractivity contribution >= 4 is 11.8 Å². The summed E-state index contributed by atoms with van der Waals surface area (Å²) in [5.41, 5.74) is 1.10. The van der Waals surface area contributed by atoms with E-state index in [1.165, 1.54) is 31.4 Å². The predicted octanol–water partition coefficient (Wildman–Crippen LogP) is 2.47. The summed E-state index contributed by atoms with van der Waals surface area (Å²) in [6, 6.07) is 10.1. The normalized spacial score (nSPS) is 11.4. The van der Waals surface area contributed by atoms with Crippen LogP contribution in [0.3, 0.4) is 0 Å². The third-order valence-corrected chi connectivity index (χ3v) is 4.13. The number of benzene rings is 2. The molecular weight excluding hydrogens is 379 g/mol. The number of nitrogens with one attached hydrogen (secondary N) is 2. The van der Waals surface area contributed by atoms with Crippen molar-refractivity contribution < 1.29 is 28.2 Å². The fourth-order valence-electron chi connectivity index (χ4n) is 2.55. The van der Waals surface area contributed by atoms with Crippen LogP contribution in [0.15, 0.2) is 42.5 Å². The zero-order chi connectivity index (χ0) is 21.2. The maximum Gasteiger partial charge on any atom is 0.251 e. The van der Waals surface area contributed by atoms with Crippen LogP contribution in [0, 0.1) is 5.82 Å². The average molecular weight is 404 g/mol. The van der Waals surface area contributed by atoms with Crippen molar-refractivity contribution in [3.8, 4) is 11.5 Å². The lowest BCUT2D eigenvalue weighted by Crippen LogP contribution is -2.38. The number of ether oxygens (including phenoxy) is 3. The molecule has 0 aliphatic rings. The first-order valence-corrected chi connectivity index (χ1v) is 9.07. The first-order chi connectivity index (χ1) is 13.9. The van der Waals surface area contributed by atoms with Crippen molar-refractivity contribution in [3.63, 3.8) is 0 Å². The molecule has 0 saturated heterocycles. The van der Waals surface area contributed by atoms with E-state index >= 15 is 0 Å². The highest BCUT2D eigenvalue weighted by molar-refractivity contribution is 5.96. The summed E-state index contributed by atoms with van der Waals surface area (Å²) in [5, 5.41) is 5.31. The van der Waals surface area contributed by atoms with E-state index in [1.807, 2.05) is 13.0 Å². The monoisotopic (exact) mass is 404 g/mol. The Hall–Kier alpha value is -3.13. The van der Waals surface area contributed by atoms with Crippen LogP contribution in [0.2, 0.25) is 0 Å². The Balaban J connectivity index is 1.89. The predicted molar refractivity (Wildman–Crippen MR) is 106 cm³/mol. The second kappa shape index (κ2) is 11.0. The van der Waals surface area contributed by atoms with Crippen molar-refractivity contribution in [2.24, 2.45) is 0 Å². The molecule has 0 fully saturated rings. The molecule has 1 unspecified atom stereocenters. The van der Waals surface area contributed by atoms with E-state index in [4.69, 9.17) is 14.2 Å². The van der Waals surface area contributed by atoms with Gasteiger partial charge in [-0.1, -0.05) is 6.07 Å². The molecule has 29 heavy (non-hydrogen) atoms. The third kappa shape index (κ3) is 6.76. The van der Waals surface area contributed by atoms with Gasteiger partial charge < -0.3 is 24.8 Å². The molecule has 2 N–H and O–H groups in total. The topological polar surface area (TPSA) is 85.9 Å². The summed E-state index contributed by atoms with van der Waals surface area (Å²) in [4.78, 5) is 24.1. The van der Waals surface area contributed by atoms with Crippen molar-refractivity contribution in [2.75, 3.05) is 34.0 Å². The van der Waals surface area contributed by atoms with Gasteiger partial charge in [-0.15, -0.1) is 0 Å². The summed E-state index contributed by atoms with van der Waals surface area (Å²) in [5.74, 6) is -0.110. The van der Waals surface area contributed by atoms with E-state index in [-0.39, 0.29) is 24.1 Å². The van der Waals surface area contributed by atoms with Gasteiger partial charge in [0.15, 0.2) is 11.5 Å². The largest absolute Gasteiger partial charge is 0.493 e. The molecule has 7 nitrogen and oxygen atoms in total. The van der Waals surface area contributed by atoms with E-state index in [1.54, 1.807) is 19.2 Å². The highest BCUT2D eigenvalue weighted by Crippen LogP contribution is 2.30. The lowest BCUT2D eigenvalue weighted by molar-refractivity contribution is -0.120. The summed E-state index contributed by atoms with van der Waals surface area (Å²) in [7, 11) is 3.13. The third-order valence-electron chi connectivity index (χ3n) is 4.13. The zero-order valence-corrected chi connectivity index (χ0v) is 16.7. The molecule has 0 spiro atoms. The van der Waals surface area contributed by atoms with Crippen molar-refractivity contribution in [1.29, 1.82) is 0 Å². The number of halogens is 1. The molecule has 2 rings (SSSR count). The molecule has 8 heteroatoms. The Morgan fingerprint density at radius 1 is 1.03 bits per heavy atom. The van der Waals surface area contributed by atoms with Gasteiger partial charge in [0.2, 0.25) is 5.91 Å². The second-order valence-electron chi connectivity index (χ2n) is 6.23. The highest BCUT2D eigenvalue weighted by atomic mass is 19.1. The molecule has 0 bridgehead atoms. The van der Waals surface area contributed by atoms with Gasteiger partial charge in [-0.25, -0.2) is 4.39 Å². The molecule has 0 saturated carbocycles. The second-order valence-corrected chi connectivity index (χ2v) is 6.23. The Labute approximate surface area is 169 Å². The minimum Gasteiger partial charge on any atom is -0.493 e. The first-order valence-electron chi connectivity index (χ1n) is 9.07. The van der Waals surface area contributed by atoms with Gasteiger partial charge in [0.25, 0.3) is 5.91 Å². The summed E-state index contributed by atoms with van der Waals surface area (Å²) < 4.78 is 28.8. The summed E-state index contributed by atoms with van der Waals surface area (Å²) in [6.07, 6.45) is 0. The minimum absolute atomic E-state index is 0.199. The quantitative estimate of drug-likeness (QED) is 0.594. The van der Waals surface area contributed by atoms with Crippen molar-refractivity contribution in [1.82, 2.24) is 10.6 Å². The maximum atomic E-state index is 12.9. The minimum atomic E-state index is -0.452. The molecular formula is C21H25FN2O5. The molecule has 1 atom stereocenters. The SMILES string of the molecule is COCCOc1ccc(C(C)NC(=O)CNC(=O)c2ccc(F)cc2)cc1OC. The molecule has 0 aliphatic carbocycles. The van der Waals surface area contributed by atoms with Crippen LogP contribution < -0.4 is 20.1 Å². The van der Waals surface area contributed by atoms with E-state index in [0.29, 0.717) is 24.7 Å². The van der Waals surface area contributed by atoms with Gasteiger partial charge in [-0.2, -0.15) is 0 Å². The van der Waals surface area contributed by atoms with Gasteiger partial charge in [-0.3, -0.25) is 9.59 Å². The molecule has 2 aromatic rings. The first kappa shape index (κ1) is 22.2. The summed E-state index contributed by atoms with van der Waals surface area (Å²) in [6.45, 7) is 2.48. The standard InChI is InChI=1S/C21H25FN2O5/c1-14(16-6-9-18(19(12-16)28-3)29-11-10-27-2)24-20(25)13-23-21(26)15-4-7-17(22)8-5-15/h4-9,12,14H,10-11,13H2,1-3H3,(H,23,26)(H,24,25). The molecule has 0 aromatic heterocycles. The van der Waals surface area contributed by atoms with Crippen LogP contribution in [-0.2, 0) is 9.53 Å². The van der Waals surface area contributed by atoms with Gasteiger partial charge in [0.1, 0.15) is 12.4 Å². The smallest absolute Gasteiger partial charge is 0.251 e. The highest BCUT2D eigenvalue weighted by Gasteiger charge is 2.14. The van der Waals surface area contributed by atoms with E-state index < -0.39 is 11.7 Å². The van der Waals surface area contributed by atoms with Crippen LogP contribution in [0.1, 0.15) is 28.9 Å². The average Bonchev–Trinajstić information content (AvgIpc) is 2.72. The van der Waals surface area contributed by atoms with Crippen molar-refractivity contribution in [3.05, 3.63) is 59.4 Å². The van der Waals surface area contributed by atoms with Gasteiger partial charge in [-0.05, 0) is 48.9 Å². The Bertz CT molecular complexity index is 826. The van der Waals surface area contributed by atoms with Gasteiger partial charge in [0.05, 0.1) is 26.3 Å². The number of carbonyl (C=O) groups is 2. The van der Waals surface area contributed by atoms with Crippen LogP contribution in [0.4, 0.5) is 4.39 Å². The summed E-state index contributed by atoms with van der Waals surface area (Å²) >= 11 is 0. The number of amides is 2. The molecule has 2 aromatic carbocycles. The van der Waals surface area contributed by atoms with E-state index in [0.717, 1.165) is 5.56 Å². The van der Waals surface area contributed by atoms with Crippen LogP contribution >= 0.6 is 0 Å². The molecule has 0 heterocycles. The van der Waals surface area contributed by atoms with Crippen LogP contribution in [-0.4, -0.2) is 45.8 Å². The lowest BCUT2D eigenvalue weighted by Gasteiger charge is -2.17. The molecule has 156 valence electrons. The Kier molecular flexibility index (Phi) is 8.42. The Morgan fingerprint density at radius 2 is 1.76 bits per heavy atom. The number of carbonyl (C=O) groups excluding carboxylic acids is 2. The van der Waals surface area contributed by atoms with Crippen LogP contribution in [0.25, 0.3) is 0 Å². The van der Waals surface area contributed by atoms with E-state index in [9.17, 15) is 14.0 Å².